The number of nitrogens with one attached hydrogen (secondary N) is 1. The molecule has 0 saturated heterocycles. The van der Waals surface area contributed by atoms with E-state index in [2.05, 4.69) is 12.2 Å². The van der Waals surface area contributed by atoms with Gasteiger partial charge in [-0.3, -0.25) is 4.79 Å². The largest absolute Gasteiger partial charge is 0.394 e. The second-order valence-corrected chi connectivity index (χ2v) is 6.30. The number of aryl methyl sites for hydroxylation is 1. The average molecular weight is 287 g/mol. The van der Waals surface area contributed by atoms with Crippen LogP contribution in [0.5, 0.6) is 0 Å². The molecule has 0 bridgehead atoms. The van der Waals surface area contributed by atoms with Crippen LogP contribution in [0.2, 0.25) is 0 Å². The lowest BCUT2D eigenvalue weighted by molar-refractivity contribution is -0.119. The van der Waals surface area contributed by atoms with Crippen molar-refractivity contribution in [3.63, 3.8) is 0 Å². The van der Waals surface area contributed by atoms with Gasteiger partial charge >= 0.3 is 0 Å². The highest BCUT2D eigenvalue weighted by Gasteiger charge is 2.34. The summed E-state index contributed by atoms with van der Waals surface area (Å²) in [5, 5.41) is 12.7. The third kappa shape index (κ3) is 4.18. The number of aliphatic hydroxyl groups is 1. The van der Waals surface area contributed by atoms with Gasteiger partial charge in [-0.2, -0.15) is 0 Å². The summed E-state index contributed by atoms with van der Waals surface area (Å²) in [5.74, 6) is 0.561. The third-order valence-electron chi connectivity index (χ3n) is 4.53. The molecule has 1 aliphatic carbocycles. The number of benzene rings is 1. The van der Waals surface area contributed by atoms with E-state index >= 15 is 0 Å². The second-order valence-electron chi connectivity index (χ2n) is 6.30. The first-order valence-corrected chi connectivity index (χ1v) is 7.71. The Morgan fingerprint density at radius 1 is 1.38 bits per heavy atom. The van der Waals surface area contributed by atoms with Crippen LogP contribution in [-0.4, -0.2) is 23.2 Å². The molecule has 0 heterocycles. The summed E-state index contributed by atoms with van der Waals surface area (Å²) >= 11 is 0. The van der Waals surface area contributed by atoms with Crippen molar-refractivity contribution in [2.45, 2.75) is 45.1 Å². The van der Waals surface area contributed by atoms with Crippen molar-refractivity contribution in [1.29, 1.82) is 0 Å². The van der Waals surface area contributed by atoms with Gasteiger partial charge in [-0.25, -0.2) is 0 Å². The molecule has 1 aromatic carbocycles. The Bertz CT molecular complexity index is 514. The lowest BCUT2D eigenvalue weighted by atomic mass is 9.77. The minimum absolute atomic E-state index is 0.0175. The molecule has 0 aliphatic heterocycles. The van der Waals surface area contributed by atoms with Gasteiger partial charge in [-0.15, -0.1) is 0 Å². The number of carbonyl (C=O) groups is 1. The van der Waals surface area contributed by atoms with Gasteiger partial charge in [0.2, 0.25) is 5.91 Å². The highest BCUT2D eigenvalue weighted by Crippen LogP contribution is 2.31. The summed E-state index contributed by atoms with van der Waals surface area (Å²) < 4.78 is 0. The molecule has 3 heteroatoms. The fourth-order valence-corrected chi connectivity index (χ4v) is 2.88. The zero-order valence-electron chi connectivity index (χ0n) is 12.9. The SMILES string of the molecule is Cc1ccccc1C=CC(=O)NC1(CO)CCC(C)CC1. The van der Waals surface area contributed by atoms with E-state index in [1.165, 1.54) is 0 Å². The summed E-state index contributed by atoms with van der Waals surface area (Å²) in [6, 6.07) is 7.96. The van der Waals surface area contributed by atoms with E-state index in [0.29, 0.717) is 5.92 Å². The van der Waals surface area contributed by atoms with Crippen LogP contribution in [0, 0.1) is 12.8 Å². The van der Waals surface area contributed by atoms with Gasteiger partial charge in [0.1, 0.15) is 0 Å². The summed E-state index contributed by atoms with van der Waals surface area (Å²) in [6.07, 6.45) is 7.23. The normalized spacial score (nSPS) is 26.0. The molecule has 1 aromatic rings. The molecule has 0 unspecified atom stereocenters. The second kappa shape index (κ2) is 6.90. The van der Waals surface area contributed by atoms with Gasteiger partial charge < -0.3 is 10.4 Å². The van der Waals surface area contributed by atoms with E-state index in [0.717, 1.165) is 36.8 Å². The van der Waals surface area contributed by atoms with Crippen LogP contribution in [0.4, 0.5) is 0 Å². The molecule has 2 N–H and O–H groups in total. The summed E-state index contributed by atoms with van der Waals surface area (Å²) in [6.45, 7) is 4.26. The Morgan fingerprint density at radius 3 is 2.67 bits per heavy atom. The van der Waals surface area contributed by atoms with Crippen molar-refractivity contribution in [3.05, 3.63) is 41.5 Å². The van der Waals surface area contributed by atoms with E-state index in [9.17, 15) is 9.90 Å². The molecular formula is C18H25NO2. The van der Waals surface area contributed by atoms with Crippen molar-refractivity contribution in [2.24, 2.45) is 5.92 Å². The van der Waals surface area contributed by atoms with Crippen LogP contribution in [0.25, 0.3) is 6.08 Å². The molecule has 1 saturated carbocycles. The van der Waals surface area contributed by atoms with Crippen molar-refractivity contribution in [2.75, 3.05) is 6.61 Å². The fraction of sp³-hybridized carbons (Fsp3) is 0.500. The Labute approximate surface area is 127 Å². The predicted molar refractivity (Wildman–Crippen MR) is 85.8 cm³/mol. The standard InChI is InChI=1S/C18H25NO2/c1-14-9-11-18(13-20,12-10-14)19-17(21)8-7-16-6-4-3-5-15(16)2/h3-8,14,20H,9-13H2,1-2H3,(H,19,21). The number of hydrogen-bond acceptors (Lipinski definition) is 2. The topological polar surface area (TPSA) is 49.3 Å². The first-order valence-electron chi connectivity index (χ1n) is 7.71. The van der Waals surface area contributed by atoms with Gasteiger partial charge in [-0.05, 0) is 55.7 Å². The lowest BCUT2D eigenvalue weighted by Crippen LogP contribution is -2.52. The Kier molecular flexibility index (Phi) is 5.18. The van der Waals surface area contributed by atoms with Crippen LogP contribution in [0.1, 0.15) is 43.7 Å². The fourth-order valence-electron chi connectivity index (χ4n) is 2.88. The predicted octanol–water partition coefficient (Wildman–Crippen LogP) is 3.07. The van der Waals surface area contributed by atoms with E-state index in [4.69, 9.17) is 0 Å². The Hall–Kier alpha value is -1.61. The van der Waals surface area contributed by atoms with Crippen molar-refractivity contribution in [1.82, 2.24) is 5.32 Å². The molecule has 0 atom stereocenters. The van der Waals surface area contributed by atoms with Gasteiger partial charge in [0.15, 0.2) is 0 Å². The molecule has 1 fully saturated rings. The van der Waals surface area contributed by atoms with Gasteiger partial charge in [0.05, 0.1) is 12.1 Å². The van der Waals surface area contributed by atoms with E-state index in [-0.39, 0.29) is 12.5 Å². The zero-order valence-corrected chi connectivity index (χ0v) is 12.9. The van der Waals surface area contributed by atoms with Gasteiger partial charge in [0.25, 0.3) is 0 Å². The molecule has 3 nitrogen and oxygen atoms in total. The number of aliphatic hydroxyl groups excluding tert-OH is 1. The maximum Gasteiger partial charge on any atom is 0.244 e. The highest BCUT2D eigenvalue weighted by atomic mass is 16.3. The molecule has 0 aromatic heterocycles. The summed E-state index contributed by atoms with van der Waals surface area (Å²) in [5.41, 5.74) is 1.76. The smallest absolute Gasteiger partial charge is 0.244 e. The Balaban J connectivity index is 1.99. The van der Waals surface area contributed by atoms with Crippen molar-refractivity contribution >= 4 is 12.0 Å². The maximum atomic E-state index is 12.1. The van der Waals surface area contributed by atoms with E-state index in [1.807, 2.05) is 37.3 Å². The maximum absolute atomic E-state index is 12.1. The summed E-state index contributed by atoms with van der Waals surface area (Å²) in [7, 11) is 0. The number of amides is 1. The van der Waals surface area contributed by atoms with Crippen LogP contribution in [-0.2, 0) is 4.79 Å². The Morgan fingerprint density at radius 2 is 2.05 bits per heavy atom. The van der Waals surface area contributed by atoms with Crippen LogP contribution < -0.4 is 5.32 Å². The molecule has 2 rings (SSSR count). The number of carbonyl (C=O) groups excluding carboxylic acids is 1. The van der Waals surface area contributed by atoms with Gasteiger partial charge in [-0.1, -0.05) is 31.2 Å². The van der Waals surface area contributed by atoms with Crippen molar-refractivity contribution in [3.8, 4) is 0 Å². The number of rotatable bonds is 4. The molecule has 1 amide bonds. The average Bonchev–Trinajstić information content (AvgIpc) is 2.49. The molecule has 1 aliphatic rings. The quantitative estimate of drug-likeness (QED) is 0.836. The first kappa shape index (κ1) is 15.8. The van der Waals surface area contributed by atoms with E-state index < -0.39 is 5.54 Å². The van der Waals surface area contributed by atoms with E-state index in [1.54, 1.807) is 6.08 Å². The molecule has 0 radical (unpaired) electrons. The molecular weight excluding hydrogens is 262 g/mol. The third-order valence-corrected chi connectivity index (χ3v) is 4.53. The monoisotopic (exact) mass is 287 g/mol. The van der Waals surface area contributed by atoms with Crippen LogP contribution in [0.15, 0.2) is 30.3 Å². The number of hydrogen-bond donors (Lipinski definition) is 2. The van der Waals surface area contributed by atoms with Gasteiger partial charge in [0, 0.05) is 6.08 Å². The zero-order chi connectivity index (χ0) is 15.3. The van der Waals surface area contributed by atoms with Crippen LogP contribution >= 0.6 is 0 Å². The molecule has 21 heavy (non-hydrogen) atoms. The minimum atomic E-state index is -0.431. The lowest BCUT2D eigenvalue weighted by Gasteiger charge is -2.38. The van der Waals surface area contributed by atoms with Crippen LogP contribution in [0.3, 0.4) is 0 Å². The summed E-state index contributed by atoms with van der Waals surface area (Å²) in [4.78, 5) is 12.1. The molecule has 0 spiro atoms. The first-order chi connectivity index (χ1) is 10.0. The minimum Gasteiger partial charge on any atom is -0.394 e. The molecule has 114 valence electrons. The highest BCUT2D eigenvalue weighted by molar-refractivity contribution is 5.92. The van der Waals surface area contributed by atoms with Crippen molar-refractivity contribution < 1.29 is 9.90 Å².